The van der Waals surface area contributed by atoms with Gasteiger partial charge in [0.1, 0.15) is 11.5 Å². The summed E-state index contributed by atoms with van der Waals surface area (Å²) in [6.07, 6.45) is 1.52. The van der Waals surface area contributed by atoms with Gasteiger partial charge in [-0.1, -0.05) is 6.07 Å². The van der Waals surface area contributed by atoms with Crippen molar-refractivity contribution in [1.29, 1.82) is 0 Å². The summed E-state index contributed by atoms with van der Waals surface area (Å²) in [7, 11) is 1.64. The minimum absolute atomic E-state index is 0.484. The Hall–Kier alpha value is -4.07. The van der Waals surface area contributed by atoms with E-state index in [1.807, 2.05) is 52.0 Å². The highest BCUT2D eigenvalue weighted by molar-refractivity contribution is 6.39. The number of hydrazone groups is 1. The largest absolute Gasteiger partial charge is 0.495 e. The fourth-order valence-electron chi connectivity index (χ4n) is 3.46. The van der Waals surface area contributed by atoms with Crippen molar-refractivity contribution in [2.45, 2.75) is 27.7 Å². The van der Waals surface area contributed by atoms with Gasteiger partial charge < -0.3 is 19.4 Å². The molecule has 3 rings (SSSR count). The first-order valence-electron chi connectivity index (χ1n) is 10.5. The van der Waals surface area contributed by atoms with Gasteiger partial charge in [0.05, 0.1) is 25.6 Å². The number of aromatic nitrogens is 1. The van der Waals surface area contributed by atoms with E-state index in [0.29, 0.717) is 18.0 Å². The molecule has 0 unspecified atom stereocenters. The van der Waals surface area contributed by atoms with Crippen LogP contribution < -0.4 is 20.2 Å². The lowest BCUT2D eigenvalue weighted by atomic mass is 10.2. The van der Waals surface area contributed by atoms with E-state index >= 15 is 0 Å². The van der Waals surface area contributed by atoms with Crippen molar-refractivity contribution in [2.75, 3.05) is 19.0 Å². The number of aryl methyl sites for hydroxylation is 2. The summed E-state index contributed by atoms with van der Waals surface area (Å²) in [4.78, 5) is 24.3. The number of benzene rings is 2. The first-order chi connectivity index (χ1) is 15.8. The molecule has 1 aromatic heterocycles. The third-order valence-electron chi connectivity index (χ3n) is 5.04. The lowest BCUT2D eigenvalue weighted by Gasteiger charge is -2.14. The molecule has 0 bridgehead atoms. The number of anilines is 1. The summed E-state index contributed by atoms with van der Waals surface area (Å²) in [5, 5.41) is 6.49. The van der Waals surface area contributed by atoms with Gasteiger partial charge in [0.2, 0.25) is 0 Å². The highest BCUT2D eigenvalue weighted by Gasteiger charge is 2.15. The third kappa shape index (κ3) is 5.60. The predicted octanol–water partition coefficient (Wildman–Crippen LogP) is 3.90. The van der Waals surface area contributed by atoms with Gasteiger partial charge >= 0.3 is 11.8 Å². The standard InChI is InChI=1S/C25H28N4O4/c1-6-33-21-10-8-20(9-11-21)27-24(30)25(31)28-26-15-19-14-17(3)29(18(19)4)22-13-16(2)7-12-23(22)32-5/h7-15H,6H2,1-5H3,(H,27,30)(H,28,31)/b26-15+. The van der Waals surface area contributed by atoms with Gasteiger partial charge in [-0.05, 0) is 75.7 Å². The van der Waals surface area contributed by atoms with Gasteiger partial charge in [-0.15, -0.1) is 0 Å². The van der Waals surface area contributed by atoms with Crippen LogP contribution in [-0.2, 0) is 9.59 Å². The molecule has 1 heterocycles. The van der Waals surface area contributed by atoms with Crippen LogP contribution in [0.4, 0.5) is 5.69 Å². The van der Waals surface area contributed by atoms with Crippen LogP contribution in [0.3, 0.4) is 0 Å². The van der Waals surface area contributed by atoms with E-state index in [1.165, 1.54) is 6.21 Å². The molecule has 2 N–H and O–H groups in total. The lowest BCUT2D eigenvalue weighted by Crippen LogP contribution is -2.32. The van der Waals surface area contributed by atoms with Crippen molar-refractivity contribution in [3.8, 4) is 17.2 Å². The van der Waals surface area contributed by atoms with E-state index in [9.17, 15) is 9.59 Å². The van der Waals surface area contributed by atoms with Crippen LogP contribution in [-0.4, -0.2) is 36.3 Å². The van der Waals surface area contributed by atoms with Gasteiger partial charge in [-0.25, -0.2) is 5.43 Å². The van der Waals surface area contributed by atoms with Crippen molar-refractivity contribution in [3.05, 3.63) is 71.0 Å². The van der Waals surface area contributed by atoms with Crippen LogP contribution >= 0.6 is 0 Å². The molecule has 8 heteroatoms. The maximum absolute atomic E-state index is 12.1. The minimum atomic E-state index is -0.866. The van der Waals surface area contributed by atoms with E-state index in [1.54, 1.807) is 31.4 Å². The molecule has 0 aliphatic carbocycles. The van der Waals surface area contributed by atoms with E-state index in [2.05, 4.69) is 20.4 Å². The highest BCUT2D eigenvalue weighted by Crippen LogP contribution is 2.28. The Labute approximate surface area is 193 Å². The fourth-order valence-corrected chi connectivity index (χ4v) is 3.46. The number of ether oxygens (including phenoxy) is 2. The number of nitrogens with zero attached hydrogens (tertiary/aromatic N) is 2. The Morgan fingerprint density at radius 1 is 1.03 bits per heavy atom. The van der Waals surface area contributed by atoms with Crippen molar-refractivity contribution < 1.29 is 19.1 Å². The zero-order chi connectivity index (χ0) is 24.0. The number of amides is 2. The van der Waals surface area contributed by atoms with Crippen LogP contribution in [0.15, 0.2) is 53.6 Å². The van der Waals surface area contributed by atoms with Crippen molar-refractivity contribution in [3.63, 3.8) is 0 Å². The van der Waals surface area contributed by atoms with Gasteiger partial charge in [0.15, 0.2) is 0 Å². The molecular formula is C25H28N4O4. The number of carbonyl (C=O) groups excluding carboxylic acids is 2. The summed E-state index contributed by atoms with van der Waals surface area (Å²) in [5.41, 5.74) is 7.50. The second-order valence-corrected chi connectivity index (χ2v) is 7.45. The number of hydrogen-bond acceptors (Lipinski definition) is 5. The Morgan fingerprint density at radius 3 is 2.42 bits per heavy atom. The number of methoxy groups -OCH3 is 1. The average Bonchev–Trinajstić information content (AvgIpc) is 3.07. The smallest absolute Gasteiger partial charge is 0.329 e. The predicted molar refractivity (Wildman–Crippen MR) is 129 cm³/mol. The normalized spacial score (nSPS) is 10.8. The second-order valence-electron chi connectivity index (χ2n) is 7.45. The van der Waals surface area contributed by atoms with Gasteiger partial charge in [-0.2, -0.15) is 5.10 Å². The van der Waals surface area contributed by atoms with Gasteiger partial charge in [0.25, 0.3) is 0 Å². The van der Waals surface area contributed by atoms with Crippen LogP contribution in [0.2, 0.25) is 0 Å². The molecule has 33 heavy (non-hydrogen) atoms. The van der Waals surface area contributed by atoms with Crippen molar-refractivity contribution in [2.24, 2.45) is 5.10 Å². The fraction of sp³-hybridized carbons (Fsp3) is 0.240. The highest BCUT2D eigenvalue weighted by atomic mass is 16.5. The molecule has 0 fully saturated rings. The van der Waals surface area contributed by atoms with E-state index < -0.39 is 11.8 Å². The number of carbonyl (C=O) groups is 2. The molecule has 2 amide bonds. The Bertz CT molecular complexity index is 1180. The zero-order valence-corrected chi connectivity index (χ0v) is 19.4. The summed E-state index contributed by atoms with van der Waals surface area (Å²) in [6.45, 7) is 8.39. The summed E-state index contributed by atoms with van der Waals surface area (Å²) < 4.78 is 12.9. The van der Waals surface area contributed by atoms with E-state index in [0.717, 1.165) is 34.0 Å². The number of nitrogens with one attached hydrogen (secondary N) is 2. The Balaban J connectivity index is 1.68. The molecule has 0 radical (unpaired) electrons. The molecule has 0 saturated carbocycles. The quantitative estimate of drug-likeness (QED) is 0.326. The second kappa shape index (κ2) is 10.5. The topological polar surface area (TPSA) is 94.0 Å². The monoisotopic (exact) mass is 448 g/mol. The lowest BCUT2D eigenvalue weighted by molar-refractivity contribution is -0.136. The molecule has 0 spiro atoms. The summed E-state index contributed by atoms with van der Waals surface area (Å²) >= 11 is 0. The van der Waals surface area contributed by atoms with Crippen LogP contribution in [0, 0.1) is 20.8 Å². The molecule has 3 aromatic rings. The zero-order valence-electron chi connectivity index (χ0n) is 19.4. The first-order valence-corrected chi connectivity index (χ1v) is 10.5. The molecule has 8 nitrogen and oxygen atoms in total. The minimum Gasteiger partial charge on any atom is -0.495 e. The number of rotatable bonds is 7. The average molecular weight is 449 g/mol. The Kier molecular flexibility index (Phi) is 7.50. The van der Waals surface area contributed by atoms with E-state index in [4.69, 9.17) is 9.47 Å². The maximum atomic E-state index is 12.1. The summed E-state index contributed by atoms with van der Waals surface area (Å²) in [5.74, 6) is -0.240. The third-order valence-corrected chi connectivity index (χ3v) is 5.04. The molecule has 0 aliphatic rings. The molecule has 0 aliphatic heterocycles. The van der Waals surface area contributed by atoms with Crippen molar-refractivity contribution in [1.82, 2.24) is 9.99 Å². The Morgan fingerprint density at radius 2 is 1.76 bits per heavy atom. The van der Waals surface area contributed by atoms with Gasteiger partial charge in [0, 0.05) is 22.6 Å². The molecular weight excluding hydrogens is 420 g/mol. The SMILES string of the molecule is CCOc1ccc(NC(=O)C(=O)N/N=C/c2cc(C)n(-c3cc(C)ccc3OC)c2C)cc1. The molecule has 172 valence electrons. The van der Waals surface area contributed by atoms with Crippen molar-refractivity contribution >= 4 is 23.7 Å². The maximum Gasteiger partial charge on any atom is 0.329 e. The molecule has 0 saturated heterocycles. The first kappa shape index (κ1) is 23.6. The van der Waals surface area contributed by atoms with Crippen LogP contribution in [0.1, 0.15) is 29.4 Å². The van der Waals surface area contributed by atoms with Gasteiger partial charge in [-0.3, -0.25) is 9.59 Å². The summed E-state index contributed by atoms with van der Waals surface area (Å²) in [6, 6.07) is 14.7. The van der Waals surface area contributed by atoms with Crippen LogP contribution in [0.25, 0.3) is 5.69 Å². The van der Waals surface area contributed by atoms with E-state index in [-0.39, 0.29) is 0 Å². The molecule has 2 aromatic carbocycles. The molecule has 0 atom stereocenters. The number of hydrogen-bond donors (Lipinski definition) is 2. The van der Waals surface area contributed by atoms with Crippen LogP contribution in [0.5, 0.6) is 11.5 Å².